The van der Waals surface area contributed by atoms with Crippen LogP contribution in [-0.4, -0.2) is 19.9 Å². The number of nitrogens with two attached hydrogens (primary N) is 2. The highest BCUT2D eigenvalue weighted by molar-refractivity contribution is 8.24. The van der Waals surface area contributed by atoms with Crippen LogP contribution in [0.1, 0.15) is 0 Å². The van der Waals surface area contributed by atoms with E-state index in [1.165, 1.54) is 18.5 Å². The van der Waals surface area contributed by atoms with Crippen molar-refractivity contribution in [3.63, 3.8) is 0 Å². The number of H-pyrrole nitrogens is 1. The molecule has 2 aromatic rings. The summed E-state index contributed by atoms with van der Waals surface area (Å²) in [7, 11) is 0. The summed E-state index contributed by atoms with van der Waals surface area (Å²) >= 11 is 19.3. The van der Waals surface area contributed by atoms with E-state index in [-0.39, 0.29) is 17.5 Å². The number of nitrogen functional groups attached to an aromatic ring is 2. The Hall–Kier alpha value is -1.05. The number of nitrogens with zero attached hydrogens (tertiary/aromatic N) is 3. The molecule has 5 N–H and O–H groups in total. The van der Waals surface area contributed by atoms with Crippen LogP contribution in [0.5, 0.6) is 0 Å². The SMILES string of the molecule is Nc1nccc(=O)[nH]1.Nc1nccc(Cl)n1.O=P(Cl)(Cl)Cl. The van der Waals surface area contributed by atoms with Crippen molar-refractivity contribution in [1.82, 2.24) is 19.9 Å². The molecule has 0 aliphatic carbocycles. The second-order valence-corrected chi connectivity index (χ2v) is 9.98. The zero-order valence-corrected chi connectivity index (χ0v) is 14.0. The van der Waals surface area contributed by atoms with Gasteiger partial charge in [-0.1, -0.05) is 11.6 Å². The van der Waals surface area contributed by atoms with Crippen LogP contribution in [0.15, 0.2) is 29.3 Å². The Balaban J connectivity index is 0.000000296. The summed E-state index contributed by atoms with van der Waals surface area (Å²) in [6, 6.07) is 2.87. The van der Waals surface area contributed by atoms with Gasteiger partial charge in [0.25, 0.3) is 5.56 Å². The topological polar surface area (TPSA) is 141 Å². The molecular formula is C8H9Cl4N6O2P. The maximum atomic E-state index is 10.3. The predicted octanol–water partition coefficient (Wildman–Crippen LogP) is 2.88. The second kappa shape index (κ2) is 9.81. The maximum Gasteiger partial charge on any atom is 0.339 e. The molecule has 0 aromatic carbocycles. The Morgan fingerprint density at radius 3 is 1.90 bits per heavy atom. The molecule has 116 valence electrons. The Kier molecular flexibility index (Phi) is 9.32. The molecule has 8 nitrogen and oxygen atoms in total. The third-order valence-corrected chi connectivity index (χ3v) is 1.54. The second-order valence-electron chi connectivity index (χ2n) is 2.96. The van der Waals surface area contributed by atoms with Gasteiger partial charge in [-0.25, -0.2) is 15.0 Å². The van der Waals surface area contributed by atoms with E-state index < -0.39 is 5.20 Å². The summed E-state index contributed by atoms with van der Waals surface area (Å²) in [6.45, 7) is 0. The minimum Gasteiger partial charge on any atom is -0.369 e. The number of hydrogen-bond donors (Lipinski definition) is 3. The van der Waals surface area contributed by atoms with E-state index >= 15 is 0 Å². The van der Waals surface area contributed by atoms with Crippen molar-refractivity contribution in [2.75, 3.05) is 11.5 Å². The van der Waals surface area contributed by atoms with Crippen LogP contribution in [0.4, 0.5) is 11.9 Å². The zero-order valence-electron chi connectivity index (χ0n) is 10.1. The van der Waals surface area contributed by atoms with E-state index in [1.807, 2.05) is 0 Å². The van der Waals surface area contributed by atoms with E-state index in [2.05, 4.69) is 53.7 Å². The first-order chi connectivity index (χ1) is 9.58. The fourth-order valence-corrected chi connectivity index (χ4v) is 0.879. The number of rotatable bonds is 0. The lowest BCUT2D eigenvalue weighted by molar-refractivity contribution is 0.600. The molecule has 0 amide bonds. The monoisotopic (exact) mass is 392 g/mol. The summed E-state index contributed by atoms with van der Waals surface area (Å²) in [5.41, 5.74) is 10.0. The average molecular weight is 394 g/mol. The first-order valence-electron chi connectivity index (χ1n) is 4.81. The van der Waals surface area contributed by atoms with Crippen LogP contribution in [0, 0.1) is 0 Å². The normalized spacial score (nSPS) is 9.71. The minimum atomic E-state index is -3.22. The minimum absolute atomic E-state index is 0.150. The molecule has 0 aliphatic heterocycles. The zero-order chi connectivity index (χ0) is 16.5. The number of hydrogen-bond acceptors (Lipinski definition) is 7. The number of anilines is 2. The van der Waals surface area contributed by atoms with Gasteiger partial charge in [0.2, 0.25) is 5.95 Å². The molecule has 0 radical (unpaired) electrons. The van der Waals surface area contributed by atoms with E-state index in [4.69, 9.17) is 23.1 Å². The van der Waals surface area contributed by atoms with E-state index in [0.717, 1.165) is 0 Å². The van der Waals surface area contributed by atoms with Gasteiger partial charge in [-0.05, 0) is 39.8 Å². The van der Waals surface area contributed by atoms with Crippen LogP contribution >= 0.6 is 50.5 Å². The predicted molar refractivity (Wildman–Crippen MR) is 85.9 cm³/mol. The third kappa shape index (κ3) is 15.2. The first-order valence-corrected chi connectivity index (χ1v) is 9.61. The quantitative estimate of drug-likeness (QED) is 0.461. The van der Waals surface area contributed by atoms with E-state index in [0.29, 0.717) is 5.15 Å². The van der Waals surface area contributed by atoms with Crippen molar-refractivity contribution in [1.29, 1.82) is 0 Å². The molecular weight excluding hydrogens is 385 g/mol. The molecule has 2 aromatic heterocycles. The number of nitrogens with one attached hydrogen (secondary N) is 1. The Labute approximate surface area is 138 Å². The Bertz CT molecular complexity index is 637. The average Bonchev–Trinajstić information content (AvgIpc) is 2.26. The van der Waals surface area contributed by atoms with Gasteiger partial charge in [-0.2, -0.15) is 0 Å². The first kappa shape index (κ1) is 19.9. The van der Waals surface area contributed by atoms with Gasteiger partial charge in [0.1, 0.15) is 5.15 Å². The van der Waals surface area contributed by atoms with Crippen LogP contribution in [0.25, 0.3) is 0 Å². The van der Waals surface area contributed by atoms with Gasteiger partial charge in [-0.3, -0.25) is 14.3 Å². The number of halogens is 4. The molecule has 0 saturated carbocycles. The molecule has 2 rings (SSSR count). The molecule has 13 heteroatoms. The van der Waals surface area contributed by atoms with Crippen molar-refractivity contribution in [2.45, 2.75) is 0 Å². The van der Waals surface area contributed by atoms with Crippen LogP contribution in [-0.2, 0) is 4.57 Å². The van der Waals surface area contributed by atoms with Crippen molar-refractivity contribution in [2.24, 2.45) is 0 Å². The lowest BCUT2D eigenvalue weighted by Crippen LogP contribution is -2.07. The lowest BCUT2D eigenvalue weighted by atomic mass is 10.7. The Morgan fingerprint density at radius 1 is 1.10 bits per heavy atom. The fraction of sp³-hybridized carbons (Fsp3) is 0. The molecule has 0 unspecified atom stereocenters. The summed E-state index contributed by atoms with van der Waals surface area (Å²) in [4.78, 5) is 23.4. The molecule has 0 saturated heterocycles. The molecule has 0 atom stereocenters. The van der Waals surface area contributed by atoms with Crippen LogP contribution in [0.2, 0.25) is 5.15 Å². The van der Waals surface area contributed by atoms with Crippen molar-refractivity contribution in [3.8, 4) is 0 Å². The lowest BCUT2D eigenvalue weighted by Gasteiger charge is -1.87. The summed E-state index contributed by atoms with van der Waals surface area (Å²) in [5.74, 6) is 0.356. The highest BCUT2D eigenvalue weighted by Crippen LogP contribution is 2.61. The largest absolute Gasteiger partial charge is 0.369 e. The van der Waals surface area contributed by atoms with Crippen LogP contribution in [0.3, 0.4) is 0 Å². The van der Waals surface area contributed by atoms with E-state index in [9.17, 15) is 9.36 Å². The third-order valence-electron chi connectivity index (χ3n) is 1.33. The highest BCUT2D eigenvalue weighted by atomic mass is 36.0. The summed E-state index contributed by atoms with van der Waals surface area (Å²) in [6.07, 6.45) is 2.86. The van der Waals surface area contributed by atoms with Crippen molar-refractivity contribution < 1.29 is 4.57 Å². The van der Waals surface area contributed by atoms with Crippen molar-refractivity contribution >= 4 is 62.4 Å². The molecule has 0 spiro atoms. The Morgan fingerprint density at radius 2 is 1.62 bits per heavy atom. The highest BCUT2D eigenvalue weighted by Gasteiger charge is 2.02. The van der Waals surface area contributed by atoms with Gasteiger partial charge in [0, 0.05) is 18.5 Å². The molecule has 2 heterocycles. The van der Waals surface area contributed by atoms with Gasteiger partial charge < -0.3 is 11.5 Å². The molecule has 0 aliphatic rings. The van der Waals surface area contributed by atoms with E-state index in [1.54, 1.807) is 6.07 Å². The summed E-state index contributed by atoms with van der Waals surface area (Å²) < 4.78 is 9.51. The fourth-order valence-electron chi connectivity index (χ4n) is 0.736. The number of aromatic amines is 1. The maximum absolute atomic E-state index is 10.3. The van der Waals surface area contributed by atoms with Crippen LogP contribution < -0.4 is 17.0 Å². The summed E-state index contributed by atoms with van der Waals surface area (Å²) in [5, 5.41) is -2.85. The molecule has 0 fully saturated rings. The standard InChI is InChI=1S/C4H4ClN3.C4H5N3O.Cl3OP/c5-3-1-2-7-4(6)8-3;5-4-6-2-1-3(8)7-4;1-5(2,3)4/h1-2H,(H2,6,7,8);1-2H,(H3,5,6,7,8);. The molecule has 21 heavy (non-hydrogen) atoms. The van der Waals surface area contributed by atoms with Gasteiger partial charge >= 0.3 is 5.20 Å². The number of aromatic nitrogens is 4. The van der Waals surface area contributed by atoms with Gasteiger partial charge in [-0.15, -0.1) is 0 Å². The van der Waals surface area contributed by atoms with Gasteiger partial charge in [0.15, 0.2) is 5.95 Å². The van der Waals surface area contributed by atoms with Crippen molar-refractivity contribution in [3.05, 3.63) is 40.0 Å². The molecule has 0 bridgehead atoms. The smallest absolute Gasteiger partial charge is 0.339 e. The van der Waals surface area contributed by atoms with Gasteiger partial charge in [0.05, 0.1) is 0 Å².